The van der Waals surface area contributed by atoms with Gasteiger partial charge in [0.15, 0.2) is 0 Å². The summed E-state index contributed by atoms with van der Waals surface area (Å²) in [6.45, 7) is 0.401. The number of nitrogens with two attached hydrogens (primary N) is 1. The second-order valence-electron chi connectivity index (χ2n) is 2.59. The Kier molecular flexibility index (Phi) is 2.01. The standard InChI is InChI=1S/C8H9N5/c9-1-7-4-10-5-8(13-7)6-2-11-12-3-6/h2-5H,1,9H2,(H,11,12). The van der Waals surface area contributed by atoms with Crippen LogP contribution in [0.3, 0.4) is 0 Å². The first-order valence-electron chi connectivity index (χ1n) is 3.90. The first kappa shape index (κ1) is 7.88. The average Bonchev–Trinajstić information content (AvgIpc) is 2.71. The van der Waals surface area contributed by atoms with E-state index in [1.165, 1.54) is 0 Å². The fraction of sp³-hybridized carbons (Fsp3) is 0.125. The Bertz CT molecular complexity index is 381. The number of nitrogens with one attached hydrogen (secondary N) is 1. The summed E-state index contributed by atoms with van der Waals surface area (Å²) in [7, 11) is 0. The molecule has 0 saturated carbocycles. The zero-order chi connectivity index (χ0) is 9.10. The number of aromatic amines is 1. The van der Waals surface area contributed by atoms with Gasteiger partial charge in [0.05, 0.1) is 23.8 Å². The summed E-state index contributed by atoms with van der Waals surface area (Å²) < 4.78 is 0. The van der Waals surface area contributed by atoms with Crippen molar-refractivity contribution in [3.05, 3.63) is 30.5 Å². The highest BCUT2D eigenvalue weighted by atomic mass is 15.1. The first-order chi connectivity index (χ1) is 6.40. The quantitative estimate of drug-likeness (QED) is 0.689. The van der Waals surface area contributed by atoms with Gasteiger partial charge in [0.25, 0.3) is 0 Å². The number of nitrogens with zero attached hydrogens (tertiary/aromatic N) is 3. The predicted molar refractivity (Wildman–Crippen MR) is 47.5 cm³/mol. The van der Waals surface area contributed by atoms with Crippen LogP contribution >= 0.6 is 0 Å². The van der Waals surface area contributed by atoms with Gasteiger partial charge in [-0.3, -0.25) is 10.1 Å². The molecule has 0 spiro atoms. The molecule has 0 aliphatic rings. The Balaban J connectivity index is 2.41. The fourth-order valence-corrected chi connectivity index (χ4v) is 1.03. The molecule has 0 atom stereocenters. The Labute approximate surface area is 75.0 Å². The number of hydrogen-bond donors (Lipinski definition) is 2. The van der Waals surface area contributed by atoms with Gasteiger partial charge in [0.2, 0.25) is 0 Å². The van der Waals surface area contributed by atoms with Crippen molar-refractivity contribution >= 4 is 0 Å². The Morgan fingerprint density at radius 1 is 1.31 bits per heavy atom. The number of rotatable bonds is 2. The topological polar surface area (TPSA) is 80.5 Å². The minimum atomic E-state index is 0.401. The van der Waals surface area contributed by atoms with Gasteiger partial charge in [-0.25, -0.2) is 4.98 Å². The van der Waals surface area contributed by atoms with Crippen molar-refractivity contribution in [1.82, 2.24) is 20.2 Å². The smallest absolute Gasteiger partial charge is 0.0920 e. The van der Waals surface area contributed by atoms with Gasteiger partial charge in [-0.15, -0.1) is 0 Å². The maximum Gasteiger partial charge on any atom is 0.0920 e. The number of H-pyrrole nitrogens is 1. The maximum atomic E-state index is 5.45. The van der Waals surface area contributed by atoms with Crippen molar-refractivity contribution in [3.8, 4) is 11.3 Å². The summed E-state index contributed by atoms with van der Waals surface area (Å²) in [5.41, 5.74) is 7.93. The SMILES string of the molecule is NCc1cncc(-c2cn[nH]c2)n1. The molecule has 0 aliphatic carbocycles. The highest BCUT2D eigenvalue weighted by Gasteiger charge is 2.01. The molecule has 2 rings (SSSR count). The Hall–Kier alpha value is -1.75. The monoisotopic (exact) mass is 175 g/mol. The average molecular weight is 175 g/mol. The van der Waals surface area contributed by atoms with Crippen molar-refractivity contribution < 1.29 is 0 Å². The van der Waals surface area contributed by atoms with Gasteiger partial charge >= 0.3 is 0 Å². The van der Waals surface area contributed by atoms with E-state index in [0.717, 1.165) is 17.0 Å². The lowest BCUT2D eigenvalue weighted by molar-refractivity contribution is 0.967. The zero-order valence-corrected chi connectivity index (χ0v) is 6.94. The molecule has 5 nitrogen and oxygen atoms in total. The van der Waals surface area contributed by atoms with Gasteiger partial charge < -0.3 is 5.73 Å². The van der Waals surface area contributed by atoms with Crippen LogP contribution in [0.25, 0.3) is 11.3 Å². The summed E-state index contributed by atoms with van der Waals surface area (Å²) in [5, 5.41) is 6.55. The molecular weight excluding hydrogens is 166 g/mol. The van der Waals surface area contributed by atoms with Crippen molar-refractivity contribution in [3.63, 3.8) is 0 Å². The third kappa shape index (κ3) is 1.54. The third-order valence-electron chi connectivity index (χ3n) is 1.69. The Morgan fingerprint density at radius 3 is 2.92 bits per heavy atom. The van der Waals surface area contributed by atoms with Crippen molar-refractivity contribution in [2.75, 3.05) is 0 Å². The van der Waals surface area contributed by atoms with Crippen LogP contribution in [-0.4, -0.2) is 20.2 Å². The minimum absolute atomic E-state index is 0.401. The second-order valence-corrected chi connectivity index (χ2v) is 2.59. The third-order valence-corrected chi connectivity index (χ3v) is 1.69. The summed E-state index contributed by atoms with van der Waals surface area (Å²) in [4.78, 5) is 8.31. The van der Waals surface area contributed by atoms with E-state index >= 15 is 0 Å². The van der Waals surface area contributed by atoms with Crippen LogP contribution < -0.4 is 5.73 Å². The molecule has 0 radical (unpaired) electrons. The molecule has 2 aromatic rings. The molecule has 0 fully saturated rings. The van der Waals surface area contributed by atoms with E-state index < -0.39 is 0 Å². The van der Waals surface area contributed by atoms with E-state index in [-0.39, 0.29) is 0 Å². The highest BCUT2D eigenvalue weighted by Crippen LogP contribution is 2.12. The molecule has 5 heteroatoms. The Morgan fingerprint density at radius 2 is 2.23 bits per heavy atom. The summed E-state index contributed by atoms with van der Waals surface area (Å²) >= 11 is 0. The molecule has 0 saturated heterocycles. The van der Waals surface area contributed by atoms with Crippen LogP contribution in [0.4, 0.5) is 0 Å². The normalized spacial score (nSPS) is 10.2. The van der Waals surface area contributed by atoms with E-state index in [4.69, 9.17) is 5.73 Å². The molecule has 0 aliphatic heterocycles. The van der Waals surface area contributed by atoms with Crippen molar-refractivity contribution in [1.29, 1.82) is 0 Å². The molecule has 0 amide bonds. The number of hydrogen-bond acceptors (Lipinski definition) is 4. The molecular formula is C8H9N5. The van der Waals surface area contributed by atoms with Gasteiger partial charge in [0.1, 0.15) is 0 Å². The summed E-state index contributed by atoms with van der Waals surface area (Å²) in [6, 6.07) is 0. The molecule has 66 valence electrons. The van der Waals surface area contributed by atoms with Gasteiger partial charge in [-0.05, 0) is 0 Å². The lowest BCUT2D eigenvalue weighted by atomic mass is 10.2. The minimum Gasteiger partial charge on any atom is -0.325 e. The second kappa shape index (κ2) is 3.32. The molecule has 3 N–H and O–H groups in total. The van der Waals surface area contributed by atoms with Gasteiger partial charge in [-0.1, -0.05) is 0 Å². The molecule has 0 unspecified atom stereocenters. The van der Waals surface area contributed by atoms with Crippen molar-refractivity contribution in [2.24, 2.45) is 5.73 Å². The molecule has 0 bridgehead atoms. The van der Waals surface area contributed by atoms with Gasteiger partial charge in [0, 0.05) is 24.5 Å². The summed E-state index contributed by atoms with van der Waals surface area (Å²) in [6.07, 6.45) is 6.81. The maximum absolute atomic E-state index is 5.45. The first-order valence-corrected chi connectivity index (χ1v) is 3.90. The van der Waals surface area contributed by atoms with Gasteiger partial charge in [-0.2, -0.15) is 5.10 Å². The van der Waals surface area contributed by atoms with E-state index in [2.05, 4.69) is 20.2 Å². The largest absolute Gasteiger partial charge is 0.325 e. The number of aromatic nitrogens is 4. The van der Waals surface area contributed by atoms with Crippen LogP contribution in [0.2, 0.25) is 0 Å². The predicted octanol–water partition coefficient (Wildman–Crippen LogP) is 0.325. The van der Waals surface area contributed by atoms with E-state index in [9.17, 15) is 0 Å². The fourth-order valence-electron chi connectivity index (χ4n) is 1.03. The summed E-state index contributed by atoms with van der Waals surface area (Å²) in [5.74, 6) is 0. The van der Waals surface area contributed by atoms with Crippen molar-refractivity contribution in [2.45, 2.75) is 6.54 Å². The van der Waals surface area contributed by atoms with Crippen LogP contribution in [0.5, 0.6) is 0 Å². The molecule has 0 aromatic carbocycles. The molecule has 2 heterocycles. The van der Waals surface area contributed by atoms with E-state index in [0.29, 0.717) is 6.54 Å². The zero-order valence-electron chi connectivity index (χ0n) is 6.94. The lowest BCUT2D eigenvalue weighted by Gasteiger charge is -1.97. The highest BCUT2D eigenvalue weighted by molar-refractivity contribution is 5.55. The lowest BCUT2D eigenvalue weighted by Crippen LogP contribution is -2.00. The van der Waals surface area contributed by atoms with Crippen LogP contribution in [0.15, 0.2) is 24.8 Å². The van der Waals surface area contributed by atoms with Crippen LogP contribution in [0, 0.1) is 0 Å². The molecule has 13 heavy (non-hydrogen) atoms. The van der Waals surface area contributed by atoms with Crippen LogP contribution in [0.1, 0.15) is 5.69 Å². The van der Waals surface area contributed by atoms with E-state index in [1.807, 2.05) is 0 Å². The molecule has 2 aromatic heterocycles. The van der Waals surface area contributed by atoms with E-state index in [1.54, 1.807) is 24.8 Å². The van der Waals surface area contributed by atoms with Crippen LogP contribution in [-0.2, 0) is 6.54 Å².